The highest BCUT2D eigenvalue weighted by molar-refractivity contribution is 5.49. The van der Waals surface area contributed by atoms with Crippen molar-refractivity contribution < 1.29 is 0 Å². The Kier molecular flexibility index (Phi) is 3.88. The van der Waals surface area contributed by atoms with Gasteiger partial charge in [-0.1, -0.05) is 0 Å². The van der Waals surface area contributed by atoms with E-state index in [1.54, 1.807) is 0 Å². The monoisotopic (exact) mass is 243 g/mol. The molecule has 96 valence electrons. The fourth-order valence-electron chi connectivity index (χ4n) is 2.32. The predicted octanol–water partition coefficient (Wildman–Crippen LogP) is 2.53. The van der Waals surface area contributed by atoms with Crippen molar-refractivity contribution in [2.75, 3.05) is 24.5 Å². The molecular weight excluding hydrogens is 222 g/mol. The van der Waals surface area contributed by atoms with Gasteiger partial charge in [-0.15, -0.1) is 0 Å². The van der Waals surface area contributed by atoms with Crippen LogP contribution >= 0.6 is 0 Å². The number of benzene rings is 1. The molecule has 1 aliphatic rings. The average molecular weight is 243 g/mol. The molecule has 0 aromatic heterocycles. The molecule has 0 unspecified atom stereocenters. The Morgan fingerprint density at radius 3 is 2.61 bits per heavy atom. The first-order valence-corrected chi connectivity index (χ1v) is 6.61. The van der Waals surface area contributed by atoms with Gasteiger partial charge < -0.3 is 10.2 Å². The molecule has 3 heteroatoms. The van der Waals surface area contributed by atoms with Crippen LogP contribution in [-0.4, -0.2) is 25.2 Å². The van der Waals surface area contributed by atoms with Crippen LogP contribution in [0.15, 0.2) is 24.3 Å². The maximum Gasteiger partial charge on any atom is 0.0991 e. The Balaban J connectivity index is 2.08. The van der Waals surface area contributed by atoms with Crippen molar-refractivity contribution in [3.8, 4) is 6.07 Å². The summed E-state index contributed by atoms with van der Waals surface area (Å²) in [6.07, 6.45) is 2.29. The van der Waals surface area contributed by atoms with Crippen LogP contribution in [0.4, 0.5) is 5.69 Å². The Hall–Kier alpha value is -1.53. The van der Waals surface area contributed by atoms with Gasteiger partial charge >= 0.3 is 0 Å². The summed E-state index contributed by atoms with van der Waals surface area (Å²) in [5, 5.41) is 12.4. The number of anilines is 1. The summed E-state index contributed by atoms with van der Waals surface area (Å²) in [4.78, 5) is 2.42. The second-order valence-electron chi connectivity index (χ2n) is 5.56. The smallest absolute Gasteiger partial charge is 0.0991 e. The van der Waals surface area contributed by atoms with Crippen LogP contribution in [0.25, 0.3) is 0 Å². The normalized spacial score (nSPS) is 19.7. The fourth-order valence-corrected chi connectivity index (χ4v) is 2.32. The Labute approximate surface area is 109 Å². The third kappa shape index (κ3) is 3.24. The van der Waals surface area contributed by atoms with Gasteiger partial charge in [0.25, 0.3) is 0 Å². The maximum absolute atomic E-state index is 8.82. The standard InChI is InChI=1S/C15H21N3/c1-15(2)8-11-18(10-3-9-17-15)14-6-4-13(12-16)5-7-14/h4-7,17H,3,8-11H2,1-2H3. The minimum atomic E-state index is 0.214. The van der Waals surface area contributed by atoms with Crippen molar-refractivity contribution in [2.45, 2.75) is 32.2 Å². The van der Waals surface area contributed by atoms with E-state index in [1.165, 1.54) is 5.69 Å². The summed E-state index contributed by atoms with van der Waals surface area (Å²) >= 11 is 0. The molecule has 1 fully saturated rings. The molecule has 0 spiro atoms. The van der Waals surface area contributed by atoms with E-state index >= 15 is 0 Å². The van der Waals surface area contributed by atoms with Crippen LogP contribution in [0, 0.1) is 11.3 Å². The summed E-state index contributed by atoms with van der Waals surface area (Å²) in [5.41, 5.74) is 2.17. The lowest BCUT2D eigenvalue weighted by atomic mass is 9.98. The molecule has 0 bridgehead atoms. The van der Waals surface area contributed by atoms with E-state index in [2.05, 4.69) is 42.3 Å². The largest absolute Gasteiger partial charge is 0.371 e. The summed E-state index contributed by atoms with van der Waals surface area (Å²) in [6, 6.07) is 10.1. The summed E-state index contributed by atoms with van der Waals surface area (Å²) in [7, 11) is 0. The molecule has 0 radical (unpaired) electrons. The van der Waals surface area contributed by atoms with E-state index in [4.69, 9.17) is 5.26 Å². The third-order valence-electron chi connectivity index (χ3n) is 3.58. The Morgan fingerprint density at radius 2 is 1.94 bits per heavy atom. The number of nitrogens with one attached hydrogen (secondary N) is 1. The van der Waals surface area contributed by atoms with Crippen molar-refractivity contribution in [1.29, 1.82) is 5.26 Å². The minimum absolute atomic E-state index is 0.214. The van der Waals surface area contributed by atoms with Crippen LogP contribution in [-0.2, 0) is 0 Å². The van der Waals surface area contributed by atoms with Gasteiger partial charge in [0.2, 0.25) is 0 Å². The molecule has 2 rings (SSSR count). The second-order valence-corrected chi connectivity index (χ2v) is 5.56. The van der Waals surface area contributed by atoms with Crippen LogP contribution in [0.2, 0.25) is 0 Å². The molecule has 0 aliphatic carbocycles. The lowest BCUT2D eigenvalue weighted by Crippen LogP contribution is -2.46. The molecule has 1 N–H and O–H groups in total. The van der Waals surface area contributed by atoms with Gasteiger partial charge in [-0.2, -0.15) is 5.26 Å². The van der Waals surface area contributed by atoms with E-state index in [0.29, 0.717) is 0 Å². The molecule has 1 heterocycles. The van der Waals surface area contributed by atoms with Crippen LogP contribution < -0.4 is 10.2 Å². The zero-order valence-electron chi connectivity index (χ0n) is 11.2. The van der Waals surface area contributed by atoms with E-state index in [9.17, 15) is 0 Å². The lowest BCUT2D eigenvalue weighted by molar-refractivity contribution is 0.347. The maximum atomic E-state index is 8.82. The molecule has 0 atom stereocenters. The number of rotatable bonds is 1. The lowest BCUT2D eigenvalue weighted by Gasteiger charge is -2.35. The quantitative estimate of drug-likeness (QED) is 0.824. The SMILES string of the molecule is CC1(C)CCN(c2ccc(C#N)cc2)CCCN1. The molecule has 1 aromatic rings. The van der Waals surface area contributed by atoms with Crippen molar-refractivity contribution in [3.63, 3.8) is 0 Å². The number of nitrogens with zero attached hydrogens (tertiary/aromatic N) is 2. The zero-order chi connectivity index (χ0) is 13.0. The molecule has 18 heavy (non-hydrogen) atoms. The van der Waals surface area contributed by atoms with E-state index in [1.807, 2.05) is 12.1 Å². The molecule has 3 nitrogen and oxygen atoms in total. The van der Waals surface area contributed by atoms with Gasteiger partial charge in [0.05, 0.1) is 11.6 Å². The Bertz CT molecular complexity index is 428. The van der Waals surface area contributed by atoms with Gasteiger partial charge in [-0.05, 0) is 57.5 Å². The number of nitriles is 1. The molecule has 1 saturated heterocycles. The van der Waals surface area contributed by atoms with E-state index in [0.717, 1.165) is 38.0 Å². The van der Waals surface area contributed by atoms with Gasteiger partial charge in [-0.3, -0.25) is 0 Å². The highest BCUT2D eigenvalue weighted by Crippen LogP contribution is 2.20. The first-order chi connectivity index (χ1) is 8.61. The van der Waals surface area contributed by atoms with E-state index < -0.39 is 0 Å². The molecule has 0 saturated carbocycles. The van der Waals surface area contributed by atoms with E-state index in [-0.39, 0.29) is 5.54 Å². The van der Waals surface area contributed by atoms with Gasteiger partial charge in [0, 0.05) is 24.3 Å². The van der Waals surface area contributed by atoms with Gasteiger partial charge in [0.1, 0.15) is 0 Å². The minimum Gasteiger partial charge on any atom is -0.371 e. The van der Waals surface area contributed by atoms with Crippen LogP contribution in [0.5, 0.6) is 0 Å². The van der Waals surface area contributed by atoms with Crippen LogP contribution in [0.3, 0.4) is 0 Å². The summed E-state index contributed by atoms with van der Waals surface area (Å²) in [5.74, 6) is 0. The van der Waals surface area contributed by atoms with Gasteiger partial charge in [0.15, 0.2) is 0 Å². The van der Waals surface area contributed by atoms with Crippen LogP contribution in [0.1, 0.15) is 32.3 Å². The third-order valence-corrected chi connectivity index (χ3v) is 3.58. The highest BCUT2D eigenvalue weighted by Gasteiger charge is 2.20. The first-order valence-electron chi connectivity index (χ1n) is 6.61. The zero-order valence-corrected chi connectivity index (χ0v) is 11.2. The fraction of sp³-hybridized carbons (Fsp3) is 0.533. The summed E-state index contributed by atoms with van der Waals surface area (Å²) in [6.45, 7) is 7.73. The number of hydrogen-bond donors (Lipinski definition) is 1. The van der Waals surface area contributed by atoms with Crippen molar-refractivity contribution in [3.05, 3.63) is 29.8 Å². The van der Waals surface area contributed by atoms with Crippen molar-refractivity contribution in [1.82, 2.24) is 5.32 Å². The molecular formula is C15H21N3. The Morgan fingerprint density at radius 1 is 1.22 bits per heavy atom. The topological polar surface area (TPSA) is 39.1 Å². The van der Waals surface area contributed by atoms with Gasteiger partial charge in [-0.25, -0.2) is 0 Å². The summed E-state index contributed by atoms with van der Waals surface area (Å²) < 4.78 is 0. The predicted molar refractivity (Wildman–Crippen MR) is 74.7 cm³/mol. The molecule has 1 aliphatic heterocycles. The second kappa shape index (κ2) is 5.41. The molecule has 1 aromatic carbocycles. The number of hydrogen-bond acceptors (Lipinski definition) is 3. The van der Waals surface area contributed by atoms with Crippen molar-refractivity contribution in [2.24, 2.45) is 0 Å². The highest BCUT2D eigenvalue weighted by atomic mass is 15.1. The first kappa shape index (κ1) is 12.9. The average Bonchev–Trinajstić information content (AvgIpc) is 2.36. The van der Waals surface area contributed by atoms with Crippen molar-refractivity contribution >= 4 is 5.69 Å². The molecule has 0 amide bonds.